The van der Waals surface area contributed by atoms with E-state index in [-0.39, 0.29) is 17.2 Å². The van der Waals surface area contributed by atoms with Crippen molar-refractivity contribution in [2.75, 3.05) is 11.1 Å². The summed E-state index contributed by atoms with van der Waals surface area (Å²) in [5, 5.41) is 11.2. The fourth-order valence-electron chi connectivity index (χ4n) is 2.09. The van der Waals surface area contributed by atoms with Crippen LogP contribution in [0.2, 0.25) is 0 Å². The van der Waals surface area contributed by atoms with Crippen LogP contribution in [0, 0.1) is 13.8 Å². The molecule has 0 spiro atoms. The molecular weight excluding hydrogens is 370 g/mol. The Kier molecular flexibility index (Phi) is 5.79. The number of benzene rings is 1. The van der Waals surface area contributed by atoms with Gasteiger partial charge in [-0.2, -0.15) is 0 Å². The van der Waals surface area contributed by atoms with Crippen molar-refractivity contribution in [3.63, 3.8) is 0 Å². The predicted molar refractivity (Wildman–Crippen MR) is 103 cm³/mol. The van der Waals surface area contributed by atoms with Gasteiger partial charge in [0.05, 0.1) is 5.75 Å². The lowest BCUT2D eigenvalue weighted by molar-refractivity contribution is -0.113. The van der Waals surface area contributed by atoms with Crippen LogP contribution >= 0.6 is 23.1 Å². The Morgan fingerprint density at radius 2 is 2.00 bits per heavy atom. The quantitative estimate of drug-likeness (QED) is 0.631. The Morgan fingerprint density at radius 1 is 1.23 bits per heavy atom. The van der Waals surface area contributed by atoms with Crippen LogP contribution in [-0.2, 0) is 11.2 Å². The van der Waals surface area contributed by atoms with Crippen LogP contribution < -0.4 is 10.9 Å². The number of H-pyrrole nitrogens is 1. The first-order valence-electron chi connectivity index (χ1n) is 7.86. The predicted octanol–water partition coefficient (Wildman–Crippen LogP) is 2.56. The zero-order chi connectivity index (χ0) is 18.5. The average Bonchev–Trinajstić information content (AvgIpc) is 3.05. The highest BCUT2D eigenvalue weighted by molar-refractivity contribution is 7.99. The maximum atomic E-state index is 12.0. The number of thioether (sulfide) groups is 1. The van der Waals surface area contributed by atoms with Crippen LogP contribution in [0.5, 0.6) is 0 Å². The highest BCUT2D eigenvalue weighted by Gasteiger charge is 2.09. The minimum absolute atomic E-state index is 0.112. The molecule has 0 radical (unpaired) electrons. The molecule has 0 saturated heterocycles. The first kappa shape index (κ1) is 18.3. The lowest BCUT2D eigenvalue weighted by Crippen LogP contribution is -2.17. The van der Waals surface area contributed by atoms with Crippen LogP contribution in [0.25, 0.3) is 0 Å². The molecule has 0 atom stereocenters. The number of aryl methyl sites for hydroxylation is 2. The molecule has 0 saturated carbocycles. The molecule has 0 unspecified atom stereocenters. The number of nitrogens with one attached hydrogen (secondary N) is 2. The largest absolute Gasteiger partial charge is 0.301 e. The van der Waals surface area contributed by atoms with E-state index in [0.29, 0.717) is 16.0 Å². The summed E-state index contributed by atoms with van der Waals surface area (Å²) in [5.41, 5.74) is 2.42. The number of hydrogen-bond donors (Lipinski definition) is 2. The van der Waals surface area contributed by atoms with Gasteiger partial charge in [-0.25, -0.2) is 4.98 Å². The molecule has 0 aliphatic heterocycles. The molecule has 2 heterocycles. The van der Waals surface area contributed by atoms with E-state index in [4.69, 9.17) is 0 Å². The van der Waals surface area contributed by atoms with E-state index in [1.807, 2.05) is 0 Å². The maximum absolute atomic E-state index is 12.0. The Bertz CT molecular complexity index is 966. The lowest BCUT2D eigenvalue weighted by Gasteiger charge is -2.01. The first-order valence-corrected chi connectivity index (χ1v) is 9.66. The third-order valence-corrected chi connectivity index (χ3v) is 5.26. The topological polar surface area (TPSA) is 101 Å². The summed E-state index contributed by atoms with van der Waals surface area (Å²) in [6, 6.07) is 8.34. The third kappa shape index (κ3) is 4.99. The van der Waals surface area contributed by atoms with Gasteiger partial charge in [0.2, 0.25) is 5.91 Å². The van der Waals surface area contributed by atoms with Crippen LogP contribution in [0.15, 0.2) is 40.4 Å². The minimum Gasteiger partial charge on any atom is -0.301 e. The van der Waals surface area contributed by atoms with E-state index in [9.17, 15) is 9.59 Å². The van der Waals surface area contributed by atoms with Crippen molar-refractivity contribution >= 4 is 34.1 Å². The van der Waals surface area contributed by atoms with Crippen molar-refractivity contribution < 1.29 is 4.79 Å². The number of nitrogens with zero attached hydrogens (tertiary/aromatic N) is 3. The Hall–Kier alpha value is -2.52. The molecule has 0 aliphatic carbocycles. The van der Waals surface area contributed by atoms with Gasteiger partial charge in [-0.05, 0) is 19.4 Å². The molecule has 0 aliphatic rings. The summed E-state index contributed by atoms with van der Waals surface area (Å²) < 4.78 is 0. The highest BCUT2D eigenvalue weighted by Crippen LogP contribution is 2.22. The number of anilines is 1. The molecule has 0 fully saturated rings. The highest BCUT2D eigenvalue weighted by atomic mass is 32.2. The molecule has 2 N–H and O–H groups in total. The van der Waals surface area contributed by atoms with E-state index in [2.05, 4.69) is 56.7 Å². The molecule has 2 aromatic heterocycles. The molecule has 7 nitrogen and oxygen atoms in total. The summed E-state index contributed by atoms with van der Waals surface area (Å²) in [6.45, 7) is 3.63. The van der Waals surface area contributed by atoms with E-state index in [1.54, 1.807) is 13.1 Å². The van der Waals surface area contributed by atoms with Crippen LogP contribution in [0.3, 0.4) is 0 Å². The standard InChI is InChI=1S/C17H17N5O2S2/c1-10-3-5-12(6-4-10)7-13-8-18-16(26-13)19-14(23)9-25-17-20-15(24)11(2)21-22-17/h3-6,8H,7,9H2,1-2H3,(H,18,19,23)(H,20,22,24). The number of hydrogen-bond acceptors (Lipinski definition) is 7. The van der Waals surface area contributed by atoms with Crippen molar-refractivity contribution in [1.82, 2.24) is 20.2 Å². The van der Waals surface area contributed by atoms with Gasteiger partial charge >= 0.3 is 0 Å². The van der Waals surface area contributed by atoms with Crippen molar-refractivity contribution in [3.8, 4) is 0 Å². The van der Waals surface area contributed by atoms with Gasteiger partial charge in [0.15, 0.2) is 10.3 Å². The monoisotopic (exact) mass is 387 g/mol. The zero-order valence-electron chi connectivity index (χ0n) is 14.3. The molecule has 9 heteroatoms. The zero-order valence-corrected chi connectivity index (χ0v) is 15.9. The van der Waals surface area contributed by atoms with Crippen molar-refractivity contribution in [1.29, 1.82) is 0 Å². The average molecular weight is 387 g/mol. The normalized spacial score (nSPS) is 10.7. The number of aromatic nitrogens is 4. The molecule has 26 heavy (non-hydrogen) atoms. The van der Waals surface area contributed by atoms with Gasteiger partial charge in [-0.15, -0.1) is 21.5 Å². The van der Waals surface area contributed by atoms with Crippen molar-refractivity contribution in [2.24, 2.45) is 0 Å². The number of carbonyl (C=O) groups is 1. The Balaban J connectivity index is 1.53. The first-order chi connectivity index (χ1) is 12.5. The number of thiazole rings is 1. The fraction of sp³-hybridized carbons (Fsp3) is 0.235. The van der Waals surface area contributed by atoms with Gasteiger partial charge in [-0.1, -0.05) is 41.6 Å². The SMILES string of the molecule is Cc1ccc(Cc2cnc(NC(=O)CSc3nnc(C)c(=O)[nH]3)s2)cc1. The van der Waals surface area contributed by atoms with Gasteiger partial charge in [0.25, 0.3) is 5.56 Å². The molecule has 1 amide bonds. The molecule has 0 bridgehead atoms. The van der Waals surface area contributed by atoms with Crippen molar-refractivity contribution in [2.45, 2.75) is 25.4 Å². The van der Waals surface area contributed by atoms with E-state index >= 15 is 0 Å². The van der Waals surface area contributed by atoms with Crippen LogP contribution in [-0.4, -0.2) is 31.8 Å². The van der Waals surface area contributed by atoms with Crippen LogP contribution in [0.4, 0.5) is 5.13 Å². The Labute approximate surface area is 158 Å². The molecule has 3 aromatic rings. The number of rotatable bonds is 6. The molecule has 1 aromatic carbocycles. The second-order valence-electron chi connectivity index (χ2n) is 5.68. The minimum atomic E-state index is -0.302. The second kappa shape index (κ2) is 8.24. The summed E-state index contributed by atoms with van der Waals surface area (Å²) in [5.74, 6) is -0.102. The van der Waals surface area contributed by atoms with Gasteiger partial charge in [0, 0.05) is 17.5 Å². The van der Waals surface area contributed by atoms with E-state index < -0.39 is 0 Å². The number of carbonyl (C=O) groups excluding carboxylic acids is 1. The maximum Gasteiger partial charge on any atom is 0.273 e. The smallest absolute Gasteiger partial charge is 0.273 e. The molecular formula is C17H17N5O2S2. The summed E-state index contributed by atoms with van der Waals surface area (Å²) in [4.78, 5) is 31.4. The lowest BCUT2D eigenvalue weighted by atomic mass is 10.1. The molecule has 3 rings (SSSR count). The van der Waals surface area contributed by atoms with E-state index in [1.165, 1.54) is 22.5 Å². The fourth-order valence-corrected chi connectivity index (χ4v) is 3.55. The Morgan fingerprint density at radius 3 is 2.73 bits per heavy atom. The summed E-state index contributed by atoms with van der Waals surface area (Å²) >= 11 is 2.57. The van der Waals surface area contributed by atoms with Crippen molar-refractivity contribution in [3.05, 3.63) is 62.5 Å². The van der Waals surface area contributed by atoms with Gasteiger partial charge < -0.3 is 5.32 Å². The molecule has 134 valence electrons. The third-order valence-electron chi connectivity index (χ3n) is 3.48. The summed E-state index contributed by atoms with van der Waals surface area (Å²) in [7, 11) is 0. The van der Waals surface area contributed by atoms with E-state index in [0.717, 1.165) is 23.1 Å². The second-order valence-corrected chi connectivity index (χ2v) is 7.75. The van der Waals surface area contributed by atoms with Gasteiger partial charge in [0.1, 0.15) is 5.69 Å². The number of amides is 1. The number of aromatic amines is 1. The van der Waals surface area contributed by atoms with Crippen LogP contribution in [0.1, 0.15) is 21.7 Å². The van der Waals surface area contributed by atoms with Gasteiger partial charge in [-0.3, -0.25) is 14.6 Å². The summed E-state index contributed by atoms with van der Waals surface area (Å²) in [6.07, 6.45) is 2.55.